The quantitative estimate of drug-likeness (QED) is 0.198. The molecule has 0 fully saturated rings. The molecule has 0 aliphatic carbocycles. The van der Waals surface area contributed by atoms with E-state index in [2.05, 4.69) is 99.6 Å². The number of terminal acetylenes is 1. The average molecular weight is 750 g/mol. The molecule has 0 aliphatic heterocycles. The highest BCUT2D eigenvalue weighted by Gasteiger charge is 2.33. The fraction of sp³-hybridized carbons (Fsp3) is 0.0769. The third-order valence-electron chi connectivity index (χ3n) is 6.01. The molecule has 3 N–H and O–H groups in total. The number of anilines is 2. The number of phenols is 1. The summed E-state index contributed by atoms with van der Waals surface area (Å²) in [4.78, 5) is 25.6. The second-order valence-electron chi connectivity index (χ2n) is 9.31. The molecule has 0 saturated heterocycles. The molecule has 0 heterocycles. The molecule has 0 saturated carbocycles. The molecule has 0 radical (unpaired) electrons. The average Bonchev–Trinajstić information content (AvgIpc) is 3.10. The highest BCUT2D eigenvalue weighted by Crippen LogP contribution is 2.35. The summed E-state index contributed by atoms with van der Waals surface area (Å²) in [6, 6.07) is 11.8. The summed E-state index contributed by atoms with van der Waals surface area (Å²) in [6.45, 7) is 1.53. The lowest BCUT2D eigenvalue weighted by Crippen LogP contribution is -2.34. The van der Waals surface area contributed by atoms with E-state index in [4.69, 9.17) is 46.0 Å². The molecule has 12 heteroatoms. The van der Waals surface area contributed by atoms with Gasteiger partial charge < -0.3 is 20.5 Å². The molecule has 3 rings (SSSR count). The van der Waals surface area contributed by atoms with Crippen molar-refractivity contribution < 1.29 is 27.9 Å². The highest BCUT2D eigenvalue weighted by atomic mass is 35.5. The van der Waals surface area contributed by atoms with E-state index in [9.17, 15) is 23.1 Å². The fourth-order valence-corrected chi connectivity index (χ4v) is 5.83. The Balaban J connectivity index is 1.62. The monoisotopic (exact) mass is 748 g/mol. The Labute approximate surface area is 310 Å². The zero-order chi connectivity index (χ0) is 37.2. The third-order valence-corrected chi connectivity index (χ3v) is 9.28. The lowest BCUT2D eigenvalue weighted by molar-refractivity contribution is -0.115. The minimum atomic E-state index is -4.18. The van der Waals surface area contributed by atoms with Crippen LogP contribution in [0.1, 0.15) is 23.7 Å². The van der Waals surface area contributed by atoms with Crippen LogP contribution in [0.15, 0.2) is 59.5 Å². The molecule has 3 aromatic rings. The molecule has 0 spiro atoms. The Morgan fingerprint density at radius 2 is 1.31 bits per heavy atom. The number of phenolic OH excluding ortho intramolecular Hbond substituents is 1. The van der Waals surface area contributed by atoms with Gasteiger partial charge in [0.2, 0.25) is 5.91 Å². The van der Waals surface area contributed by atoms with Gasteiger partial charge in [-0.2, -0.15) is 0 Å². The van der Waals surface area contributed by atoms with Crippen LogP contribution in [0.2, 0.25) is 15.1 Å². The standard InChI is InChI=1S/C39H19Cl3N2O6S/c1-3-5-6-7-8-9-10-11-12-13-14-15-16-17-24-50-29-19-21-30(22-20-29)51(48,49)37(4-2)39(47)43-34-27-36(45)35(26-33(34)42)44-38(46)28-18-23-31(40)32(41)25-28/h1,18-23,25-27,37,45H,4H2,2H3,(H,43,47)(H,44,46). The van der Waals surface area contributed by atoms with Crippen molar-refractivity contribution in [1.82, 2.24) is 0 Å². The first-order chi connectivity index (χ1) is 24.5. The molecule has 0 aliphatic rings. The van der Waals surface area contributed by atoms with Crippen molar-refractivity contribution in [2.24, 2.45) is 0 Å². The number of carbonyl (C=O) groups is 2. The van der Waals surface area contributed by atoms with Crippen LogP contribution in [0.5, 0.6) is 11.5 Å². The van der Waals surface area contributed by atoms with Crippen LogP contribution >= 0.6 is 34.8 Å². The van der Waals surface area contributed by atoms with E-state index in [1.165, 1.54) is 55.5 Å². The van der Waals surface area contributed by atoms with E-state index in [0.717, 1.165) is 6.07 Å². The molecular formula is C39H19Cl3N2O6S. The molecule has 8 nitrogen and oxygen atoms in total. The van der Waals surface area contributed by atoms with Crippen LogP contribution in [0.4, 0.5) is 11.4 Å². The first kappa shape index (κ1) is 38.9. The van der Waals surface area contributed by atoms with Gasteiger partial charge in [-0.15, -0.1) is 6.42 Å². The normalized spacial score (nSPS) is 9.63. The van der Waals surface area contributed by atoms with Gasteiger partial charge >= 0.3 is 0 Å². The maximum atomic E-state index is 13.4. The molecule has 3 aromatic carbocycles. The van der Waals surface area contributed by atoms with Crippen LogP contribution in [-0.4, -0.2) is 30.6 Å². The Morgan fingerprint density at radius 1 is 0.745 bits per heavy atom. The summed E-state index contributed by atoms with van der Waals surface area (Å²) in [7, 11) is -4.18. The Kier molecular flexibility index (Phi) is 14.9. The molecule has 0 bridgehead atoms. The number of hydrogen-bond donors (Lipinski definition) is 3. The van der Waals surface area contributed by atoms with Crippen LogP contribution in [-0.2, 0) is 14.6 Å². The van der Waals surface area contributed by atoms with Gasteiger partial charge in [0, 0.05) is 53.1 Å². The minimum Gasteiger partial charge on any atom is -0.506 e. The first-order valence-corrected chi connectivity index (χ1v) is 16.7. The number of halogens is 3. The maximum Gasteiger partial charge on any atom is 0.255 e. The Bertz CT molecular complexity index is 2490. The molecule has 248 valence electrons. The summed E-state index contributed by atoms with van der Waals surface area (Å²) in [5.41, 5.74) is 0.0133. The number of rotatable bonds is 8. The number of carbonyl (C=O) groups excluding carboxylic acids is 2. The van der Waals surface area contributed by atoms with Crippen LogP contribution in [0, 0.1) is 95.4 Å². The summed E-state index contributed by atoms with van der Waals surface area (Å²) in [5, 5.41) is 14.3. The van der Waals surface area contributed by atoms with Gasteiger partial charge in [-0.25, -0.2) is 8.42 Å². The summed E-state index contributed by atoms with van der Waals surface area (Å²) in [6.07, 6.45) is 7.21. The second kappa shape index (κ2) is 19.5. The minimum absolute atomic E-state index is 0.0688. The number of hydrogen-bond acceptors (Lipinski definition) is 6. The molecule has 2 amide bonds. The molecular weight excluding hydrogens is 731 g/mol. The van der Waals surface area contributed by atoms with Gasteiger partial charge in [0.25, 0.3) is 5.91 Å². The molecule has 1 unspecified atom stereocenters. The molecule has 51 heavy (non-hydrogen) atoms. The molecule has 1 atom stereocenters. The van der Waals surface area contributed by atoms with Gasteiger partial charge in [-0.3, -0.25) is 9.59 Å². The van der Waals surface area contributed by atoms with Crippen molar-refractivity contribution in [2.75, 3.05) is 10.6 Å². The lowest BCUT2D eigenvalue weighted by Gasteiger charge is -2.17. The van der Waals surface area contributed by atoms with Gasteiger partial charge in [0.1, 0.15) is 22.9 Å². The first-order valence-electron chi connectivity index (χ1n) is 14.0. The summed E-state index contributed by atoms with van der Waals surface area (Å²) < 4.78 is 32.0. The number of aromatic hydroxyl groups is 1. The zero-order valence-corrected chi connectivity index (χ0v) is 29.2. The van der Waals surface area contributed by atoms with Gasteiger partial charge in [0.15, 0.2) is 9.84 Å². The van der Waals surface area contributed by atoms with E-state index in [-0.39, 0.29) is 49.1 Å². The van der Waals surface area contributed by atoms with E-state index in [1.807, 2.05) is 0 Å². The number of sulfone groups is 1. The number of benzene rings is 3. The summed E-state index contributed by atoms with van der Waals surface area (Å²) in [5.74, 6) is 32.0. The Morgan fingerprint density at radius 3 is 1.86 bits per heavy atom. The molecule has 0 aromatic heterocycles. The van der Waals surface area contributed by atoms with Crippen molar-refractivity contribution in [2.45, 2.75) is 23.5 Å². The van der Waals surface area contributed by atoms with E-state index < -0.39 is 32.7 Å². The van der Waals surface area contributed by atoms with Gasteiger partial charge in [-0.1, -0.05) is 41.7 Å². The van der Waals surface area contributed by atoms with Crippen molar-refractivity contribution in [3.63, 3.8) is 0 Å². The van der Waals surface area contributed by atoms with Crippen LogP contribution in [0.25, 0.3) is 0 Å². The second-order valence-corrected chi connectivity index (χ2v) is 12.7. The van der Waals surface area contributed by atoms with Gasteiger partial charge in [0.05, 0.1) is 31.3 Å². The fourth-order valence-electron chi connectivity index (χ4n) is 3.70. The van der Waals surface area contributed by atoms with E-state index in [0.29, 0.717) is 0 Å². The number of nitrogens with one attached hydrogen (secondary N) is 2. The number of amides is 2. The van der Waals surface area contributed by atoms with Crippen molar-refractivity contribution >= 4 is 67.8 Å². The van der Waals surface area contributed by atoms with Crippen LogP contribution in [0.3, 0.4) is 0 Å². The predicted molar refractivity (Wildman–Crippen MR) is 198 cm³/mol. The lowest BCUT2D eigenvalue weighted by atomic mass is 10.2. The zero-order valence-electron chi connectivity index (χ0n) is 26.1. The van der Waals surface area contributed by atoms with E-state index in [1.54, 1.807) is 0 Å². The largest absolute Gasteiger partial charge is 0.506 e. The Hall–Kier alpha value is -6.50. The SMILES string of the molecule is C#CC#CC#CC#CC#CC#CC#CC#COc1ccc(S(=O)(=O)C(CC)C(=O)Nc2cc(O)c(NC(=O)c3ccc(Cl)c(Cl)c3)cc2Cl)cc1. The smallest absolute Gasteiger partial charge is 0.255 e. The third kappa shape index (κ3) is 11.9. The topological polar surface area (TPSA) is 122 Å². The van der Waals surface area contributed by atoms with Crippen LogP contribution < -0.4 is 15.4 Å². The van der Waals surface area contributed by atoms with Gasteiger partial charge in [-0.05, 0) is 96.4 Å². The van der Waals surface area contributed by atoms with Crippen molar-refractivity contribution in [3.8, 4) is 107 Å². The van der Waals surface area contributed by atoms with Crippen molar-refractivity contribution in [1.29, 1.82) is 0 Å². The van der Waals surface area contributed by atoms with Crippen molar-refractivity contribution in [3.05, 3.63) is 75.2 Å². The summed E-state index contributed by atoms with van der Waals surface area (Å²) >= 11 is 18.2. The predicted octanol–water partition coefficient (Wildman–Crippen LogP) is 5.79. The highest BCUT2D eigenvalue weighted by molar-refractivity contribution is 7.92. The maximum absolute atomic E-state index is 13.4. The van der Waals surface area contributed by atoms with E-state index >= 15 is 0 Å². The number of ether oxygens (including phenoxy) is 1.